The predicted molar refractivity (Wildman–Crippen MR) is 73.2 cm³/mol. The van der Waals surface area contributed by atoms with Gasteiger partial charge in [-0.25, -0.2) is 4.98 Å². The molecule has 0 aromatic carbocycles. The van der Waals surface area contributed by atoms with Crippen molar-refractivity contribution in [3.05, 3.63) is 28.5 Å². The van der Waals surface area contributed by atoms with Gasteiger partial charge in [-0.3, -0.25) is 14.7 Å². The third-order valence-corrected chi connectivity index (χ3v) is 3.52. The van der Waals surface area contributed by atoms with Gasteiger partial charge in [0.15, 0.2) is 0 Å². The number of halogens is 1. The summed E-state index contributed by atoms with van der Waals surface area (Å²) in [6, 6.07) is 5.67. The molecule has 1 atom stereocenters. The van der Waals surface area contributed by atoms with E-state index in [2.05, 4.69) is 31.2 Å². The Morgan fingerprint density at radius 2 is 2.28 bits per heavy atom. The van der Waals surface area contributed by atoms with Crippen LogP contribution in [-0.4, -0.2) is 35.8 Å². The maximum atomic E-state index is 12.0. The van der Waals surface area contributed by atoms with Gasteiger partial charge < -0.3 is 5.32 Å². The van der Waals surface area contributed by atoms with E-state index in [-0.39, 0.29) is 5.91 Å². The van der Waals surface area contributed by atoms with Crippen molar-refractivity contribution in [3.8, 4) is 0 Å². The number of aromatic nitrogens is 1. The van der Waals surface area contributed by atoms with Crippen LogP contribution in [0, 0.1) is 0 Å². The average Bonchev–Trinajstić information content (AvgIpc) is 2.34. The van der Waals surface area contributed by atoms with Crippen molar-refractivity contribution in [3.63, 3.8) is 0 Å². The minimum Gasteiger partial charge on any atom is -0.345 e. The first-order valence-corrected chi connectivity index (χ1v) is 6.40. The highest BCUT2D eigenvalue weighted by molar-refractivity contribution is 9.10. The lowest BCUT2D eigenvalue weighted by Gasteiger charge is -2.39. The summed E-state index contributed by atoms with van der Waals surface area (Å²) in [4.78, 5) is 22.0. The van der Waals surface area contributed by atoms with E-state index in [4.69, 9.17) is 0 Å². The van der Waals surface area contributed by atoms with Gasteiger partial charge in [0.25, 0.3) is 0 Å². The topological polar surface area (TPSA) is 57.6 Å². The highest BCUT2D eigenvalue weighted by Gasteiger charge is 2.39. The maximum absolute atomic E-state index is 12.0. The fraction of sp³-hybridized carbons (Fsp3) is 0.417. The summed E-state index contributed by atoms with van der Waals surface area (Å²) in [6.45, 7) is 1.96. The fourth-order valence-corrected chi connectivity index (χ4v) is 2.33. The van der Waals surface area contributed by atoms with E-state index in [0.29, 0.717) is 12.4 Å². The smallest absolute Gasteiger partial charge is 0.231 e. The Morgan fingerprint density at radius 3 is 2.89 bits per heavy atom. The van der Waals surface area contributed by atoms with Crippen molar-refractivity contribution in [2.45, 2.75) is 18.9 Å². The number of rotatable bonds is 1. The van der Waals surface area contributed by atoms with E-state index in [1.807, 2.05) is 25.1 Å². The summed E-state index contributed by atoms with van der Waals surface area (Å²) < 4.78 is 0.754. The molecule has 2 rings (SSSR count). The van der Waals surface area contributed by atoms with Crippen LogP contribution in [0.5, 0.6) is 0 Å². The highest BCUT2D eigenvalue weighted by atomic mass is 79.9. The maximum Gasteiger partial charge on any atom is 0.231 e. The molecule has 0 bridgehead atoms. The number of nitrogens with zero attached hydrogens (tertiary/aromatic N) is 3. The Labute approximate surface area is 114 Å². The molecule has 0 unspecified atom stereocenters. The van der Waals surface area contributed by atoms with Gasteiger partial charge in [0.2, 0.25) is 11.9 Å². The number of aliphatic imine (C=N–C) groups is 1. The minimum absolute atomic E-state index is 0.0265. The molecule has 1 aromatic heterocycles. The van der Waals surface area contributed by atoms with Gasteiger partial charge >= 0.3 is 0 Å². The third kappa shape index (κ3) is 2.25. The monoisotopic (exact) mass is 310 g/mol. The lowest BCUT2D eigenvalue weighted by molar-refractivity contribution is -0.129. The zero-order valence-electron chi connectivity index (χ0n) is 10.6. The molecule has 6 heteroatoms. The average molecular weight is 311 g/mol. The van der Waals surface area contributed by atoms with Gasteiger partial charge in [-0.2, -0.15) is 0 Å². The Hall–Kier alpha value is -1.43. The number of nitrogens with one attached hydrogen (secondary N) is 1. The van der Waals surface area contributed by atoms with Crippen LogP contribution in [0.1, 0.15) is 19.0 Å². The van der Waals surface area contributed by atoms with Gasteiger partial charge in [0, 0.05) is 14.1 Å². The standard InChI is InChI=1S/C12H15BrN4O/c1-12(8-5-4-6-9(13)15-8)7-10(18)17(3)11(14-2)16-12/h4-6H,7H2,1-3H3,(H,14,16)/t12-/m0/s1. The molecule has 0 saturated carbocycles. The van der Waals surface area contributed by atoms with Crippen LogP contribution in [0.25, 0.3) is 0 Å². The number of carbonyl (C=O) groups is 1. The SMILES string of the molecule is C/N=C1\N[C@](C)(c2cccc(Br)n2)CC(=O)N1C. The van der Waals surface area contributed by atoms with Crippen LogP contribution in [0.2, 0.25) is 0 Å². The second kappa shape index (κ2) is 4.68. The van der Waals surface area contributed by atoms with Crippen LogP contribution in [0.3, 0.4) is 0 Å². The first-order valence-electron chi connectivity index (χ1n) is 5.61. The summed E-state index contributed by atoms with van der Waals surface area (Å²) in [5.74, 6) is 0.592. The van der Waals surface area contributed by atoms with E-state index >= 15 is 0 Å². The summed E-state index contributed by atoms with van der Waals surface area (Å²) in [7, 11) is 3.37. The molecular formula is C12H15BrN4O. The summed E-state index contributed by atoms with van der Waals surface area (Å²) in [5, 5.41) is 3.27. The molecule has 1 saturated heterocycles. The normalized spacial score (nSPS) is 26.3. The second-order valence-corrected chi connectivity index (χ2v) is 5.29. The minimum atomic E-state index is -0.526. The number of hydrogen-bond donors (Lipinski definition) is 1. The van der Waals surface area contributed by atoms with E-state index in [0.717, 1.165) is 10.3 Å². The van der Waals surface area contributed by atoms with Crippen molar-refractivity contribution >= 4 is 27.8 Å². The lowest BCUT2D eigenvalue weighted by atomic mass is 9.90. The van der Waals surface area contributed by atoms with Gasteiger partial charge in [-0.05, 0) is 35.0 Å². The highest BCUT2D eigenvalue weighted by Crippen LogP contribution is 2.28. The van der Waals surface area contributed by atoms with Crippen molar-refractivity contribution in [1.29, 1.82) is 0 Å². The molecule has 1 N–H and O–H groups in total. The Bertz CT molecular complexity index is 517. The number of hydrogen-bond acceptors (Lipinski definition) is 3. The van der Waals surface area contributed by atoms with Crippen molar-refractivity contribution < 1.29 is 4.79 Å². The zero-order chi connectivity index (χ0) is 13.3. The molecule has 0 spiro atoms. The second-order valence-electron chi connectivity index (χ2n) is 4.48. The number of pyridine rings is 1. The van der Waals surface area contributed by atoms with Gasteiger partial charge in [-0.15, -0.1) is 0 Å². The first-order chi connectivity index (χ1) is 8.46. The largest absolute Gasteiger partial charge is 0.345 e. The van der Waals surface area contributed by atoms with E-state index in [1.54, 1.807) is 14.1 Å². The number of amides is 1. The molecule has 1 aliphatic heterocycles. The van der Waals surface area contributed by atoms with E-state index in [1.165, 1.54) is 4.90 Å². The van der Waals surface area contributed by atoms with Crippen LogP contribution >= 0.6 is 15.9 Å². The van der Waals surface area contributed by atoms with Gasteiger partial charge in [0.1, 0.15) is 4.60 Å². The molecule has 0 radical (unpaired) electrons. The Morgan fingerprint density at radius 1 is 1.56 bits per heavy atom. The molecule has 1 aromatic rings. The third-order valence-electron chi connectivity index (χ3n) is 3.08. The number of guanidine groups is 1. The quantitative estimate of drug-likeness (QED) is 0.800. The lowest BCUT2D eigenvalue weighted by Crippen LogP contribution is -2.58. The molecular weight excluding hydrogens is 296 g/mol. The molecule has 96 valence electrons. The van der Waals surface area contributed by atoms with E-state index < -0.39 is 5.54 Å². The summed E-state index contributed by atoms with van der Waals surface area (Å²) in [6.07, 6.45) is 0.353. The van der Waals surface area contributed by atoms with Gasteiger partial charge in [-0.1, -0.05) is 6.07 Å². The Kier molecular flexibility index (Phi) is 3.38. The Balaban J connectivity index is 2.40. The van der Waals surface area contributed by atoms with Crippen molar-refractivity contribution in [2.75, 3.05) is 14.1 Å². The van der Waals surface area contributed by atoms with Crippen molar-refractivity contribution in [2.24, 2.45) is 4.99 Å². The van der Waals surface area contributed by atoms with Crippen LogP contribution in [0.15, 0.2) is 27.8 Å². The molecule has 1 amide bonds. The molecule has 1 fully saturated rings. The summed E-state index contributed by atoms with van der Waals surface area (Å²) >= 11 is 3.35. The molecule has 0 aliphatic carbocycles. The van der Waals surface area contributed by atoms with E-state index in [9.17, 15) is 4.79 Å². The zero-order valence-corrected chi connectivity index (χ0v) is 12.2. The molecule has 1 aliphatic rings. The number of carbonyl (C=O) groups excluding carboxylic acids is 1. The van der Waals surface area contributed by atoms with Gasteiger partial charge in [0.05, 0.1) is 17.7 Å². The van der Waals surface area contributed by atoms with Crippen LogP contribution < -0.4 is 5.32 Å². The van der Waals surface area contributed by atoms with Crippen LogP contribution in [0.4, 0.5) is 0 Å². The van der Waals surface area contributed by atoms with Crippen molar-refractivity contribution in [1.82, 2.24) is 15.2 Å². The molecule has 2 heterocycles. The first kappa shape index (κ1) is 13.0. The fourth-order valence-electron chi connectivity index (χ4n) is 1.99. The summed E-state index contributed by atoms with van der Waals surface area (Å²) in [5.41, 5.74) is 0.293. The molecule has 18 heavy (non-hydrogen) atoms. The molecule has 5 nitrogen and oxygen atoms in total. The predicted octanol–water partition coefficient (Wildman–Crippen LogP) is 1.50. The van der Waals surface area contributed by atoms with Crippen LogP contribution in [-0.2, 0) is 10.3 Å².